The minimum atomic E-state index is -3.88. The van der Waals surface area contributed by atoms with Gasteiger partial charge in [0.2, 0.25) is 15.7 Å². The van der Waals surface area contributed by atoms with Gasteiger partial charge >= 0.3 is 0 Å². The SMILES string of the molecule is O=C(Cn1cc(S(=O)(=O)c2ccc(F)cc2)c2ccccc21)N1CCc2ccccc21. The van der Waals surface area contributed by atoms with Crippen molar-refractivity contribution in [2.24, 2.45) is 0 Å². The minimum absolute atomic E-state index is 0.0107. The second-order valence-electron chi connectivity index (χ2n) is 7.52. The van der Waals surface area contributed by atoms with Crippen LogP contribution in [-0.4, -0.2) is 25.4 Å². The third kappa shape index (κ3) is 3.31. The van der Waals surface area contributed by atoms with Crippen LogP contribution < -0.4 is 4.90 Å². The number of carbonyl (C=O) groups excluding carboxylic acids is 1. The smallest absolute Gasteiger partial charge is 0.246 e. The van der Waals surface area contributed by atoms with E-state index in [-0.39, 0.29) is 22.2 Å². The highest BCUT2D eigenvalue weighted by molar-refractivity contribution is 7.91. The maximum Gasteiger partial charge on any atom is 0.246 e. The van der Waals surface area contributed by atoms with Gasteiger partial charge in [0, 0.05) is 29.3 Å². The van der Waals surface area contributed by atoms with Gasteiger partial charge in [0.1, 0.15) is 12.4 Å². The minimum Gasteiger partial charge on any atom is -0.337 e. The molecule has 1 amide bonds. The fraction of sp³-hybridized carbons (Fsp3) is 0.125. The first-order valence-electron chi connectivity index (χ1n) is 9.92. The number of anilines is 1. The molecule has 0 unspecified atom stereocenters. The van der Waals surface area contributed by atoms with Crippen LogP contribution in [0, 0.1) is 5.82 Å². The average molecular weight is 434 g/mol. The van der Waals surface area contributed by atoms with Gasteiger partial charge in [0.05, 0.1) is 9.79 Å². The predicted octanol–water partition coefficient (Wildman–Crippen LogP) is 4.20. The molecule has 0 radical (unpaired) electrons. The Morgan fingerprint density at radius 1 is 0.935 bits per heavy atom. The van der Waals surface area contributed by atoms with Gasteiger partial charge in [-0.05, 0) is 48.4 Å². The van der Waals surface area contributed by atoms with E-state index in [2.05, 4.69) is 0 Å². The average Bonchev–Trinajstić information content (AvgIpc) is 3.36. The van der Waals surface area contributed by atoms with Crippen LogP contribution in [0.15, 0.2) is 88.8 Å². The van der Waals surface area contributed by atoms with Crippen molar-refractivity contribution in [3.8, 4) is 0 Å². The van der Waals surface area contributed by atoms with E-state index in [1.54, 1.807) is 27.7 Å². The van der Waals surface area contributed by atoms with Gasteiger partial charge in [-0.1, -0.05) is 36.4 Å². The van der Waals surface area contributed by atoms with Gasteiger partial charge < -0.3 is 9.47 Å². The fourth-order valence-electron chi connectivity index (χ4n) is 4.13. The van der Waals surface area contributed by atoms with E-state index in [0.717, 1.165) is 29.8 Å². The highest BCUT2D eigenvalue weighted by Gasteiger charge is 2.27. The molecule has 0 bridgehead atoms. The van der Waals surface area contributed by atoms with Crippen LogP contribution in [-0.2, 0) is 27.6 Å². The number of carbonyl (C=O) groups is 1. The molecular formula is C24H19FN2O3S. The molecule has 0 spiro atoms. The molecular weight excluding hydrogens is 415 g/mol. The first-order chi connectivity index (χ1) is 14.9. The van der Waals surface area contributed by atoms with Crippen molar-refractivity contribution < 1.29 is 17.6 Å². The molecule has 0 saturated heterocycles. The van der Waals surface area contributed by atoms with E-state index < -0.39 is 15.7 Å². The summed E-state index contributed by atoms with van der Waals surface area (Å²) in [7, 11) is -3.88. The van der Waals surface area contributed by atoms with Crippen LogP contribution >= 0.6 is 0 Å². The molecule has 0 fully saturated rings. The van der Waals surface area contributed by atoms with Crippen molar-refractivity contribution in [2.45, 2.75) is 22.8 Å². The van der Waals surface area contributed by atoms with Crippen LogP contribution in [0.3, 0.4) is 0 Å². The lowest BCUT2D eigenvalue weighted by Gasteiger charge is -2.18. The lowest BCUT2D eigenvalue weighted by atomic mass is 10.2. The number of halogens is 1. The van der Waals surface area contributed by atoms with Gasteiger partial charge in [-0.25, -0.2) is 12.8 Å². The number of nitrogens with zero attached hydrogens (tertiary/aromatic N) is 2. The summed E-state index contributed by atoms with van der Waals surface area (Å²) in [5, 5.41) is 0.529. The summed E-state index contributed by atoms with van der Waals surface area (Å²) >= 11 is 0. The fourth-order valence-corrected chi connectivity index (χ4v) is 5.60. The molecule has 1 aromatic heterocycles. The van der Waals surface area contributed by atoms with Crippen molar-refractivity contribution in [3.05, 3.63) is 90.4 Å². The predicted molar refractivity (Wildman–Crippen MR) is 116 cm³/mol. The standard InChI is InChI=1S/C24H19FN2O3S/c25-18-9-11-19(12-10-18)31(29,30)23-15-26(22-8-4-2-6-20(22)23)16-24(28)27-14-13-17-5-1-3-7-21(17)27/h1-12,15H,13-14,16H2. The summed E-state index contributed by atoms with van der Waals surface area (Å²) < 4.78 is 41.5. The summed E-state index contributed by atoms with van der Waals surface area (Å²) in [5.74, 6) is -0.602. The van der Waals surface area contributed by atoms with Gasteiger partial charge in [-0.15, -0.1) is 0 Å². The molecule has 1 aliphatic heterocycles. The Bertz CT molecular complexity index is 1410. The zero-order valence-corrected chi connectivity index (χ0v) is 17.3. The topological polar surface area (TPSA) is 59.4 Å². The Labute approximate surface area is 179 Å². The maximum atomic E-state index is 13.3. The van der Waals surface area contributed by atoms with Gasteiger partial charge in [-0.3, -0.25) is 4.79 Å². The monoisotopic (exact) mass is 434 g/mol. The largest absolute Gasteiger partial charge is 0.337 e. The van der Waals surface area contributed by atoms with Crippen LogP contribution in [0.1, 0.15) is 5.56 Å². The Hall–Kier alpha value is -3.45. The first kappa shape index (κ1) is 19.5. The van der Waals surface area contributed by atoms with Crippen molar-refractivity contribution >= 4 is 32.3 Å². The summed E-state index contributed by atoms with van der Waals surface area (Å²) in [6.45, 7) is 0.631. The first-order valence-corrected chi connectivity index (χ1v) is 11.4. The molecule has 4 aromatic rings. The third-order valence-electron chi connectivity index (χ3n) is 5.66. The number of sulfone groups is 1. The molecule has 2 heterocycles. The van der Waals surface area contributed by atoms with E-state index in [1.807, 2.05) is 30.3 Å². The van der Waals surface area contributed by atoms with Crippen LogP contribution in [0.2, 0.25) is 0 Å². The van der Waals surface area contributed by atoms with E-state index in [1.165, 1.54) is 18.3 Å². The molecule has 5 nitrogen and oxygen atoms in total. The van der Waals surface area contributed by atoms with Crippen molar-refractivity contribution in [1.29, 1.82) is 0 Å². The molecule has 1 aliphatic rings. The lowest BCUT2D eigenvalue weighted by Crippen LogP contribution is -2.32. The molecule has 0 N–H and O–H groups in total. The number of para-hydroxylation sites is 2. The molecule has 3 aromatic carbocycles. The van der Waals surface area contributed by atoms with Gasteiger partial charge in [0.25, 0.3) is 0 Å². The number of aromatic nitrogens is 1. The van der Waals surface area contributed by atoms with Crippen molar-refractivity contribution in [1.82, 2.24) is 4.57 Å². The number of hydrogen-bond acceptors (Lipinski definition) is 3. The molecule has 0 aliphatic carbocycles. The summed E-state index contributed by atoms with van der Waals surface area (Å²) in [5.41, 5.74) is 2.69. The number of amides is 1. The molecule has 7 heteroatoms. The number of benzene rings is 3. The highest BCUT2D eigenvalue weighted by atomic mass is 32.2. The number of rotatable bonds is 4. The molecule has 0 atom stereocenters. The van der Waals surface area contributed by atoms with Crippen LogP contribution in [0.4, 0.5) is 10.1 Å². The van der Waals surface area contributed by atoms with Gasteiger partial charge in [0.15, 0.2) is 0 Å². The van der Waals surface area contributed by atoms with Gasteiger partial charge in [-0.2, -0.15) is 0 Å². The molecule has 156 valence electrons. The zero-order chi connectivity index (χ0) is 21.6. The Balaban J connectivity index is 1.54. The van der Waals surface area contributed by atoms with Crippen molar-refractivity contribution in [3.63, 3.8) is 0 Å². The lowest BCUT2D eigenvalue weighted by molar-refractivity contribution is -0.119. The van der Waals surface area contributed by atoms with E-state index in [0.29, 0.717) is 17.4 Å². The molecule has 5 rings (SSSR count). The summed E-state index contributed by atoms with van der Waals surface area (Å²) in [6, 6.07) is 19.6. The van der Waals surface area contributed by atoms with Crippen LogP contribution in [0.5, 0.6) is 0 Å². The van der Waals surface area contributed by atoms with Crippen LogP contribution in [0.25, 0.3) is 10.9 Å². The zero-order valence-electron chi connectivity index (χ0n) is 16.5. The summed E-state index contributed by atoms with van der Waals surface area (Å²) in [6.07, 6.45) is 2.31. The Kier molecular flexibility index (Phi) is 4.63. The second kappa shape index (κ2) is 7.35. The Morgan fingerprint density at radius 3 is 2.45 bits per heavy atom. The second-order valence-corrected chi connectivity index (χ2v) is 9.44. The van der Waals surface area contributed by atoms with E-state index in [4.69, 9.17) is 0 Å². The third-order valence-corrected chi connectivity index (χ3v) is 7.46. The number of fused-ring (bicyclic) bond motifs is 2. The normalized spacial score (nSPS) is 13.5. The maximum absolute atomic E-state index is 13.3. The van der Waals surface area contributed by atoms with E-state index >= 15 is 0 Å². The highest BCUT2D eigenvalue weighted by Crippen LogP contribution is 2.32. The Morgan fingerprint density at radius 2 is 1.65 bits per heavy atom. The number of hydrogen-bond donors (Lipinski definition) is 0. The van der Waals surface area contributed by atoms with E-state index in [9.17, 15) is 17.6 Å². The molecule has 0 saturated carbocycles. The van der Waals surface area contributed by atoms with Crippen molar-refractivity contribution in [2.75, 3.05) is 11.4 Å². The quantitative estimate of drug-likeness (QED) is 0.452. The summed E-state index contributed by atoms with van der Waals surface area (Å²) in [4.78, 5) is 15.0. The molecule has 31 heavy (non-hydrogen) atoms.